The fourth-order valence-corrected chi connectivity index (χ4v) is 2.22. The van der Waals surface area contributed by atoms with Crippen LogP contribution in [0.1, 0.15) is 28.4 Å². The van der Waals surface area contributed by atoms with E-state index >= 15 is 0 Å². The predicted molar refractivity (Wildman–Crippen MR) is 88.7 cm³/mol. The topological polar surface area (TPSA) is 68.3 Å². The normalized spacial score (nSPS) is 11.7. The maximum atomic E-state index is 12.2. The summed E-state index contributed by atoms with van der Waals surface area (Å²) >= 11 is 5.73. The van der Waals surface area contributed by atoms with E-state index < -0.39 is 18.0 Å². The van der Waals surface area contributed by atoms with Crippen molar-refractivity contribution in [1.29, 1.82) is 0 Å². The number of carbonyl (C=O) groups is 2. The van der Waals surface area contributed by atoms with Crippen LogP contribution in [0.5, 0.6) is 0 Å². The van der Waals surface area contributed by atoms with Crippen molar-refractivity contribution in [1.82, 2.24) is 4.98 Å². The van der Waals surface area contributed by atoms with Crippen LogP contribution in [0.15, 0.2) is 36.5 Å². The number of aromatic nitrogens is 1. The van der Waals surface area contributed by atoms with Gasteiger partial charge in [0.15, 0.2) is 6.10 Å². The van der Waals surface area contributed by atoms with E-state index in [0.29, 0.717) is 0 Å². The number of ether oxygens (including phenoxy) is 1. The van der Waals surface area contributed by atoms with Crippen LogP contribution in [0, 0.1) is 13.8 Å². The number of pyridine rings is 1. The van der Waals surface area contributed by atoms with Crippen molar-refractivity contribution in [3.05, 3.63) is 58.4 Å². The molecule has 23 heavy (non-hydrogen) atoms. The van der Waals surface area contributed by atoms with Crippen LogP contribution in [0.25, 0.3) is 0 Å². The molecule has 0 aliphatic rings. The number of benzene rings is 1. The summed E-state index contributed by atoms with van der Waals surface area (Å²) in [5.41, 5.74) is 2.86. The van der Waals surface area contributed by atoms with Gasteiger partial charge in [-0.2, -0.15) is 0 Å². The first-order chi connectivity index (χ1) is 10.9. The van der Waals surface area contributed by atoms with Gasteiger partial charge in [-0.25, -0.2) is 9.78 Å². The van der Waals surface area contributed by atoms with Crippen molar-refractivity contribution in [2.24, 2.45) is 0 Å². The van der Waals surface area contributed by atoms with Crippen LogP contribution < -0.4 is 5.32 Å². The molecule has 0 aliphatic heterocycles. The van der Waals surface area contributed by atoms with Crippen molar-refractivity contribution in [3.8, 4) is 0 Å². The number of nitrogens with zero attached hydrogens (tertiary/aromatic N) is 1. The van der Waals surface area contributed by atoms with E-state index in [1.54, 1.807) is 0 Å². The smallest absolute Gasteiger partial charge is 0.339 e. The van der Waals surface area contributed by atoms with Gasteiger partial charge in [0.25, 0.3) is 5.91 Å². The highest BCUT2D eigenvalue weighted by atomic mass is 35.5. The van der Waals surface area contributed by atoms with Crippen LogP contribution in [-0.2, 0) is 9.53 Å². The standard InChI is InChI=1S/C17H17ClN2O3/c1-10-5-4-6-11(2)15(10)20-16(21)12(3)23-17(22)13-7-8-19-14(18)9-13/h4-9,12H,1-3H3,(H,20,21). The van der Waals surface area contributed by atoms with Crippen LogP contribution in [0.4, 0.5) is 5.69 Å². The fourth-order valence-electron chi connectivity index (χ4n) is 2.05. The zero-order valence-electron chi connectivity index (χ0n) is 13.1. The van der Waals surface area contributed by atoms with E-state index in [1.165, 1.54) is 25.3 Å². The molecule has 1 unspecified atom stereocenters. The highest BCUT2D eigenvalue weighted by Gasteiger charge is 2.20. The number of amides is 1. The number of hydrogen-bond donors (Lipinski definition) is 1. The first kappa shape index (κ1) is 17.0. The van der Waals surface area contributed by atoms with Gasteiger partial charge in [0.1, 0.15) is 5.15 Å². The van der Waals surface area contributed by atoms with Gasteiger partial charge in [0.2, 0.25) is 0 Å². The van der Waals surface area contributed by atoms with E-state index in [2.05, 4.69) is 10.3 Å². The molecule has 0 fully saturated rings. The Labute approximate surface area is 139 Å². The molecule has 0 bridgehead atoms. The highest BCUT2D eigenvalue weighted by Crippen LogP contribution is 2.20. The molecule has 1 atom stereocenters. The largest absolute Gasteiger partial charge is 0.449 e. The first-order valence-electron chi connectivity index (χ1n) is 7.08. The Balaban J connectivity index is 2.04. The lowest BCUT2D eigenvalue weighted by Gasteiger charge is -2.16. The zero-order valence-corrected chi connectivity index (χ0v) is 13.8. The number of aryl methyl sites for hydroxylation is 2. The molecule has 0 aliphatic carbocycles. The van der Waals surface area contributed by atoms with Gasteiger partial charge in [0.05, 0.1) is 5.56 Å². The lowest BCUT2D eigenvalue weighted by molar-refractivity contribution is -0.123. The molecule has 1 amide bonds. The second kappa shape index (κ2) is 7.24. The minimum Gasteiger partial charge on any atom is -0.449 e. The minimum atomic E-state index is -0.937. The fraction of sp³-hybridized carbons (Fsp3) is 0.235. The monoisotopic (exact) mass is 332 g/mol. The van der Waals surface area contributed by atoms with Gasteiger partial charge in [-0.3, -0.25) is 4.79 Å². The second-order valence-corrected chi connectivity index (χ2v) is 5.56. The Morgan fingerprint density at radius 3 is 2.48 bits per heavy atom. The molecule has 2 rings (SSSR count). The van der Waals surface area contributed by atoms with E-state index in [0.717, 1.165) is 16.8 Å². The number of halogens is 1. The third kappa shape index (κ3) is 4.29. The molecule has 1 heterocycles. The third-order valence-corrected chi connectivity index (χ3v) is 3.55. The number of nitrogens with one attached hydrogen (secondary N) is 1. The number of esters is 1. The lowest BCUT2D eigenvalue weighted by Crippen LogP contribution is -2.30. The molecule has 0 spiro atoms. The molecule has 120 valence electrons. The molecular formula is C17H17ClN2O3. The summed E-state index contributed by atoms with van der Waals surface area (Å²) < 4.78 is 5.17. The van der Waals surface area contributed by atoms with Crippen LogP contribution in [-0.4, -0.2) is 23.0 Å². The van der Waals surface area contributed by atoms with Gasteiger partial charge in [-0.05, 0) is 44.0 Å². The lowest BCUT2D eigenvalue weighted by atomic mass is 10.1. The van der Waals surface area contributed by atoms with Gasteiger partial charge in [-0.15, -0.1) is 0 Å². The van der Waals surface area contributed by atoms with Crippen LogP contribution >= 0.6 is 11.6 Å². The number of carbonyl (C=O) groups excluding carboxylic acids is 2. The van der Waals surface area contributed by atoms with Crippen LogP contribution in [0.2, 0.25) is 5.15 Å². The van der Waals surface area contributed by atoms with E-state index in [1.807, 2.05) is 32.0 Å². The number of anilines is 1. The van der Waals surface area contributed by atoms with Crippen molar-refractivity contribution >= 4 is 29.2 Å². The molecule has 5 nitrogen and oxygen atoms in total. The number of para-hydroxylation sites is 1. The number of hydrogen-bond acceptors (Lipinski definition) is 4. The van der Waals surface area contributed by atoms with Gasteiger partial charge < -0.3 is 10.1 Å². The van der Waals surface area contributed by atoms with Gasteiger partial charge in [0, 0.05) is 11.9 Å². The average Bonchev–Trinajstić information content (AvgIpc) is 2.50. The summed E-state index contributed by atoms with van der Waals surface area (Å²) in [5.74, 6) is -1.02. The molecule has 0 saturated carbocycles. The minimum absolute atomic E-state index is 0.187. The summed E-state index contributed by atoms with van der Waals surface area (Å²) in [6, 6.07) is 8.58. The Bertz CT molecular complexity index is 726. The molecular weight excluding hydrogens is 316 g/mol. The summed E-state index contributed by atoms with van der Waals surface area (Å²) in [7, 11) is 0. The zero-order chi connectivity index (χ0) is 17.0. The summed E-state index contributed by atoms with van der Waals surface area (Å²) in [6.45, 7) is 5.32. The average molecular weight is 333 g/mol. The first-order valence-corrected chi connectivity index (χ1v) is 7.46. The molecule has 6 heteroatoms. The van der Waals surface area contributed by atoms with Crippen molar-refractivity contribution in [2.45, 2.75) is 26.9 Å². The molecule has 2 aromatic rings. The summed E-state index contributed by atoms with van der Waals surface area (Å²) in [6.07, 6.45) is 0.467. The Kier molecular flexibility index (Phi) is 5.34. The number of rotatable bonds is 4. The van der Waals surface area contributed by atoms with Crippen molar-refractivity contribution < 1.29 is 14.3 Å². The Hall–Kier alpha value is -2.40. The van der Waals surface area contributed by atoms with Gasteiger partial charge in [-0.1, -0.05) is 29.8 Å². The third-order valence-electron chi connectivity index (χ3n) is 3.34. The Morgan fingerprint density at radius 1 is 1.22 bits per heavy atom. The van der Waals surface area contributed by atoms with Crippen molar-refractivity contribution in [2.75, 3.05) is 5.32 Å². The van der Waals surface area contributed by atoms with E-state index in [-0.39, 0.29) is 10.7 Å². The predicted octanol–water partition coefficient (Wildman–Crippen LogP) is 3.54. The molecule has 0 radical (unpaired) electrons. The maximum absolute atomic E-state index is 12.2. The highest BCUT2D eigenvalue weighted by molar-refractivity contribution is 6.29. The second-order valence-electron chi connectivity index (χ2n) is 5.17. The quantitative estimate of drug-likeness (QED) is 0.687. The molecule has 1 aromatic carbocycles. The molecule has 1 aromatic heterocycles. The molecule has 1 N–H and O–H groups in total. The van der Waals surface area contributed by atoms with Crippen LogP contribution in [0.3, 0.4) is 0 Å². The summed E-state index contributed by atoms with van der Waals surface area (Å²) in [4.78, 5) is 28.0. The van der Waals surface area contributed by atoms with Crippen molar-refractivity contribution in [3.63, 3.8) is 0 Å². The van der Waals surface area contributed by atoms with E-state index in [4.69, 9.17) is 16.3 Å². The van der Waals surface area contributed by atoms with Gasteiger partial charge >= 0.3 is 5.97 Å². The van der Waals surface area contributed by atoms with E-state index in [9.17, 15) is 9.59 Å². The SMILES string of the molecule is Cc1cccc(C)c1NC(=O)C(C)OC(=O)c1ccnc(Cl)c1. The molecule has 0 saturated heterocycles. The summed E-state index contributed by atoms with van der Waals surface area (Å²) in [5, 5.41) is 2.98. The maximum Gasteiger partial charge on any atom is 0.339 e. The Morgan fingerprint density at radius 2 is 1.87 bits per heavy atom.